The average Bonchev–Trinajstić information content (AvgIpc) is 2.72. The maximum atomic E-state index is 12.9. The third-order valence-electron chi connectivity index (χ3n) is 3.84. The van der Waals surface area contributed by atoms with E-state index in [2.05, 4.69) is 9.97 Å². The van der Waals surface area contributed by atoms with Gasteiger partial charge in [0, 0.05) is 11.8 Å². The van der Waals surface area contributed by atoms with E-state index in [4.69, 9.17) is 14.2 Å². The zero-order valence-electron chi connectivity index (χ0n) is 14.7. The van der Waals surface area contributed by atoms with Gasteiger partial charge in [-0.05, 0) is 36.4 Å². The van der Waals surface area contributed by atoms with Crippen LogP contribution in [0.15, 0.2) is 54.7 Å². The summed E-state index contributed by atoms with van der Waals surface area (Å²) in [6, 6.07) is 14.0. The fourth-order valence-electron chi connectivity index (χ4n) is 2.58. The average molecular weight is 350 g/mol. The van der Waals surface area contributed by atoms with Crippen LogP contribution < -0.4 is 14.2 Å². The van der Waals surface area contributed by atoms with Crippen molar-refractivity contribution in [2.45, 2.75) is 0 Å². The molecule has 2 heterocycles. The van der Waals surface area contributed by atoms with Crippen molar-refractivity contribution in [3.63, 3.8) is 0 Å². The molecular formula is C20H18N2O4. The molecule has 0 aliphatic heterocycles. The first-order valence-corrected chi connectivity index (χ1v) is 7.91. The Labute approximate surface area is 151 Å². The first-order chi connectivity index (χ1) is 12.7. The van der Waals surface area contributed by atoms with Crippen molar-refractivity contribution in [2.75, 3.05) is 21.3 Å². The highest BCUT2D eigenvalue weighted by molar-refractivity contribution is 6.08. The monoisotopic (exact) mass is 350 g/mol. The van der Waals surface area contributed by atoms with E-state index in [0.29, 0.717) is 39.9 Å². The smallest absolute Gasteiger partial charge is 0.211 e. The van der Waals surface area contributed by atoms with Gasteiger partial charge in [-0.3, -0.25) is 9.78 Å². The number of hydrogen-bond acceptors (Lipinski definition) is 6. The Kier molecular flexibility index (Phi) is 5.12. The first-order valence-electron chi connectivity index (χ1n) is 7.91. The number of ketones is 1. The van der Waals surface area contributed by atoms with Gasteiger partial charge in [0.05, 0.1) is 32.7 Å². The summed E-state index contributed by atoms with van der Waals surface area (Å²) in [5.74, 6) is 1.01. The van der Waals surface area contributed by atoms with Crippen LogP contribution in [-0.2, 0) is 0 Å². The minimum absolute atomic E-state index is 0.248. The van der Waals surface area contributed by atoms with Crippen LogP contribution in [0.1, 0.15) is 16.1 Å². The van der Waals surface area contributed by atoms with Crippen molar-refractivity contribution in [3.8, 4) is 28.6 Å². The predicted molar refractivity (Wildman–Crippen MR) is 97.0 cm³/mol. The van der Waals surface area contributed by atoms with Gasteiger partial charge in [-0.2, -0.15) is 0 Å². The van der Waals surface area contributed by atoms with Gasteiger partial charge in [0.15, 0.2) is 11.5 Å². The van der Waals surface area contributed by atoms with E-state index in [0.717, 1.165) is 0 Å². The van der Waals surface area contributed by atoms with Crippen LogP contribution >= 0.6 is 0 Å². The van der Waals surface area contributed by atoms with E-state index >= 15 is 0 Å². The van der Waals surface area contributed by atoms with Crippen molar-refractivity contribution >= 4 is 5.78 Å². The lowest BCUT2D eigenvalue weighted by molar-refractivity contribution is 0.103. The van der Waals surface area contributed by atoms with E-state index in [1.165, 1.54) is 21.3 Å². The second-order valence-corrected chi connectivity index (χ2v) is 5.37. The van der Waals surface area contributed by atoms with Crippen molar-refractivity contribution in [2.24, 2.45) is 0 Å². The van der Waals surface area contributed by atoms with Crippen LogP contribution in [0.4, 0.5) is 0 Å². The molecule has 3 aromatic rings. The molecular weight excluding hydrogens is 332 g/mol. The molecule has 6 nitrogen and oxygen atoms in total. The molecule has 3 rings (SSSR count). The molecule has 0 amide bonds. The predicted octanol–water partition coefficient (Wildman–Crippen LogP) is 3.40. The number of hydrogen-bond donors (Lipinski definition) is 0. The number of carbonyl (C=O) groups excluding carboxylic acids is 1. The Morgan fingerprint density at radius 3 is 2.12 bits per heavy atom. The van der Waals surface area contributed by atoms with Crippen LogP contribution in [0.3, 0.4) is 0 Å². The summed E-state index contributed by atoms with van der Waals surface area (Å²) in [5.41, 5.74) is 2.03. The molecule has 0 aliphatic rings. The number of methoxy groups -OCH3 is 3. The number of rotatable bonds is 6. The third kappa shape index (κ3) is 3.35. The standard InChI is InChI=1S/C20H18N2O4/c1-24-17-11-13(12-18(25-2)20(17)26-3)19(23)16-9-6-8-15(22-16)14-7-4-5-10-21-14/h4-12H,1-3H3. The van der Waals surface area contributed by atoms with Gasteiger partial charge < -0.3 is 14.2 Å². The molecule has 26 heavy (non-hydrogen) atoms. The van der Waals surface area contributed by atoms with Crippen molar-refractivity contribution in [1.82, 2.24) is 9.97 Å². The van der Waals surface area contributed by atoms with Crippen LogP contribution in [0.5, 0.6) is 17.2 Å². The molecule has 0 unspecified atom stereocenters. The van der Waals surface area contributed by atoms with Gasteiger partial charge in [0.2, 0.25) is 11.5 Å². The summed E-state index contributed by atoms with van der Waals surface area (Å²) >= 11 is 0. The fourth-order valence-corrected chi connectivity index (χ4v) is 2.58. The van der Waals surface area contributed by atoms with Gasteiger partial charge >= 0.3 is 0 Å². The second-order valence-electron chi connectivity index (χ2n) is 5.37. The van der Waals surface area contributed by atoms with Crippen molar-refractivity contribution < 1.29 is 19.0 Å². The van der Waals surface area contributed by atoms with Gasteiger partial charge in [0.1, 0.15) is 5.69 Å². The maximum Gasteiger partial charge on any atom is 0.211 e. The topological polar surface area (TPSA) is 70.5 Å². The summed E-state index contributed by atoms with van der Waals surface area (Å²) in [7, 11) is 4.52. The summed E-state index contributed by atoms with van der Waals surface area (Å²) in [6.07, 6.45) is 1.69. The Balaban J connectivity index is 2.02. The minimum Gasteiger partial charge on any atom is -0.493 e. The van der Waals surface area contributed by atoms with Crippen LogP contribution in [0.2, 0.25) is 0 Å². The van der Waals surface area contributed by atoms with Crippen LogP contribution in [0.25, 0.3) is 11.4 Å². The molecule has 0 saturated heterocycles. The molecule has 0 radical (unpaired) electrons. The Morgan fingerprint density at radius 2 is 1.54 bits per heavy atom. The number of benzene rings is 1. The van der Waals surface area contributed by atoms with Crippen LogP contribution in [-0.4, -0.2) is 37.1 Å². The molecule has 2 aromatic heterocycles. The lowest BCUT2D eigenvalue weighted by Gasteiger charge is -2.13. The summed E-state index contributed by atoms with van der Waals surface area (Å²) in [6.45, 7) is 0. The van der Waals surface area contributed by atoms with Gasteiger partial charge in [-0.25, -0.2) is 4.98 Å². The van der Waals surface area contributed by atoms with Gasteiger partial charge in [-0.1, -0.05) is 12.1 Å². The molecule has 0 atom stereocenters. The molecule has 0 spiro atoms. The first kappa shape index (κ1) is 17.4. The van der Waals surface area contributed by atoms with Gasteiger partial charge in [0.25, 0.3) is 0 Å². The normalized spacial score (nSPS) is 10.3. The largest absolute Gasteiger partial charge is 0.493 e. The number of carbonyl (C=O) groups is 1. The number of nitrogens with zero attached hydrogens (tertiary/aromatic N) is 2. The maximum absolute atomic E-state index is 12.9. The molecule has 6 heteroatoms. The quantitative estimate of drug-likeness (QED) is 0.635. The third-order valence-corrected chi connectivity index (χ3v) is 3.84. The summed E-state index contributed by atoms with van der Waals surface area (Å²) in [5, 5.41) is 0. The second kappa shape index (κ2) is 7.65. The minimum atomic E-state index is -0.248. The zero-order chi connectivity index (χ0) is 18.5. The highest BCUT2D eigenvalue weighted by atomic mass is 16.5. The fraction of sp³-hybridized carbons (Fsp3) is 0.150. The number of pyridine rings is 2. The zero-order valence-corrected chi connectivity index (χ0v) is 14.7. The molecule has 0 saturated carbocycles. The highest BCUT2D eigenvalue weighted by Crippen LogP contribution is 2.38. The summed E-state index contributed by atoms with van der Waals surface area (Å²) < 4.78 is 15.9. The SMILES string of the molecule is COc1cc(C(=O)c2cccc(-c3ccccn3)n2)cc(OC)c1OC. The Morgan fingerprint density at radius 1 is 0.846 bits per heavy atom. The van der Waals surface area contributed by atoms with Crippen LogP contribution in [0, 0.1) is 0 Å². The van der Waals surface area contributed by atoms with E-state index < -0.39 is 0 Å². The van der Waals surface area contributed by atoms with E-state index in [-0.39, 0.29) is 5.78 Å². The lowest BCUT2D eigenvalue weighted by Crippen LogP contribution is -2.06. The number of ether oxygens (including phenoxy) is 3. The van der Waals surface area contributed by atoms with Crippen molar-refractivity contribution in [3.05, 3.63) is 66.0 Å². The van der Waals surface area contributed by atoms with E-state index in [9.17, 15) is 4.79 Å². The highest BCUT2D eigenvalue weighted by Gasteiger charge is 2.19. The van der Waals surface area contributed by atoms with Gasteiger partial charge in [-0.15, -0.1) is 0 Å². The lowest BCUT2D eigenvalue weighted by atomic mass is 10.1. The van der Waals surface area contributed by atoms with E-state index in [1.807, 2.05) is 24.3 Å². The molecule has 0 fully saturated rings. The van der Waals surface area contributed by atoms with Crippen molar-refractivity contribution in [1.29, 1.82) is 0 Å². The van der Waals surface area contributed by atoms with E-state index in [1.54, 1.807) is 30.5 Å². The Hall–Kier alpha value is -3.41. The molecule has 0 aliphatic carbocycles. The molecule has 132 valence electrons. The molecule has 0 bridgehead atoms. The molecule has 0 N–H and O–H groups in total. The molecule has 1 aromatic carbocycles. The Bertz CT molecular complexity index is 901. The number of aromatic nitrogens is 2. The summed E-state index contributed by atoms with van der Waals surface area (Å²) in [4.78, 5) is 21.6.